The van der Waals surface area contributed by atoms with E-state index in [1.54, 1.807) is 30.3 Å². The van der Waals surface area contributed by atoms with Gasteiger partial charge in [0.1, 0.15) is 5.70 Å². The third kappa shape index (κ3) is 3.28. The van der Waals surface area contributed by atoms with Gasteiger partial charge in [0.05, 0.1) is 0 Å². The Labute approximate surface area is 121 Å². The van der Waals surface area contributed by atoms with E-state index in [0.29, 0.717) is 23.9 Å². The zero-order valence-electron chi connectivity index (χ0n) is 10.0. The molecule has 1 aliphatic heterocycles. The first-order valence-electron chi connectivity index (χ1n) is 5.78. The minimum Gasteiger partial charge on any atom is -0.303 e. The van der Waals surface area contributed by atoms with Crippen LogP contribution in [0.25, 0.3) is 6.08 Å². The summed E-state index contributed by atoms with van der Waals surface area (Å²) < 4.78 is 0. The second kappa shape index (κ2) is 6.08. The predicted molar refractivity (Wildman–Crippen MR) is 75.0 cm³/mol. The minimum atomic E-state index is -0.407. The van der Waals surface area contributed by atoms with Gasteiger partial charge in [-0.3, -0.25) is 9.69 Å². The first-order valence-corrected chi connectivity index (χ1v) is 6.69. The van der Waals surface area contributed by atoms with Crippen molar-refractivity contribution in [3.05, 3.63) is 40.5 Å². The zero-order valence-corrected chi connectivity index (χ0v) is 11.5. The number of rotatable bonds is 4. The molecule has 2 rings (SSSR count). The molecule has 1 N–H and O–H groups in total. The summed E-state index contributed by atoms with van der Waals surface area (Å²) in [5.74, 6) is 0.0814. The molecule has 0 spiro atoms. The molecule has 4 nitrogen and oxygen atoms in total. The van der Waals surface area contributed by atoms with Gasteiger partial charge in [-0.2, -0.15) is 0 Å². The number of nitrogens with zero attached hydrogens (tertiary/aromatic N) is 1. The molecule has 6 heteroatoms. The molecule has 0 aliphatic carbocycles. The Morgan fingerprint density at radius 2 is 1.89 bits per heavy atom. The van der Waals surface area contributed by atoms with Crippen LogP contribution in [0, 0.1) is 0 Å². The molecule has 100 valence electrons. The second-order valence-corrected chi connectivity index (χ2v) is 4.85. The summed E-state index contributed by atoms with van der Waals surface area (Å²) in [7, 11) is 0. The van der Waals surface area contributed by atoms with Crippen LogP contribution in [0.1, 0.15) is 12.0 Å². The van der Waals surface area contributed by atoms with Crippen LogP contribution in [-0.2, 0) is 4.79 Å². The fourth-order valence-corrected chi connectivity index (χ4v) is 1.96. The fraction of sp³-hybridized carbons (Fsp3) is 0.231. The number of carbonyl (C=O) groups is 2. The van der Waals surface area contributed by atoms with Crippen molar-refractivity contribution in [1.29, 1.82) is 0 Å². The number of urea groups is 1. The summed E-state index contributed by atoms with van der Waals surface area (Å²) in [5, 5.41) is 3.17. The van der Waals surface area contributed by atoms with Crippen molar-refractivity contribution in [2.24, 2.45) is 0 Å². The molecule has 19 heavy (non-hydrogen) atoms. The van der Waals surface area contributed by atoms with Gasteiger partial charge in [0.2, 0.25) is 0 Å². The molecule has 1 aromatic carbocycles. The molecule has 0 atom stereocenters. The summed E-state index contributed by atoms with van der Waals surface area (Å²) in [5.41, 5.74) is 1.06. The smallest absolute Gasteiger partial charge is 0.303 e. The van der Waals surface area contributed by atoms with Gasteiger partial charge in [-0.15, -0.1) is 11.6 Å². The topological polar surface area (TPSA) is 49.4 Å². The van der Waals surface area contributed by atoms with Gasteiger partial charge in [0.15, 0.2) is 0 Å². The van der Waals surface area contributed by atoms with Crippen LogP contribution in [0.3, 0.4) is 0 Å². The van der Waals surface area contributed by atoms with E-state index >= 15 is 0 Å². The third-order valence-electron chi connectivity index (χ3n) is 2.66. The third-order valence-corrected chi connectivity index (χ3v) is 3.18. The number of imide groups is 1. The number of nitrogens with one attached hydrogen (secondary N) is 1. The van der Waals surface area contributed by atoms with Gasteiger partial charge in [0, 0.05) is 17.4 Å². The van der Waals surface area contributed by atoms with Crippen molar-refractivity contribution in [2.45, 2.75) is 6.42 Å². The first-order chi connectivity index (χ1) is 9.11. The van der Waals surface area contributed by atoms with Crippen molar-refractivity contribution < 1.29 is 9.59 Å². The van der Waals surface area contributed by atoms with Gasteiger partial charge in [-0.05, 0) is 30.2 Å². The van der Waals surface area contributed by atoms with Crippen molar-refractivity contribution in [3.8, 4) is 0 Å². The van der Waals surface area contributed by atoms with Gasteiger partial charge in [-0.1, -0.05) is 23.7 Å². The van der Waals surface area contributed by atoms with Crippen LogP contribution in [0.15, 0.2) is 30.0 Å². The first kappa shape index (κ1) is 13.9. The SMILES string of the molecule is O=C1N/C(=C\c2ccc(Cl)cc2)C(=O)N1CCCCl. The van der Waals surface area contributed by atoms with E-state index in [0.717, 1.165) is 10.5 Å². The quantitative estimate of drug-likeness (QED) is 0.528. The average molecular weight is 299 g/mol. The minimum absolute atomic E-state index is 0.266. The molecule has 0 unspecified atom stereocenters. The number of carbonyl (C=O) groups excluding carboxylic acids is 2. The lowest BCUT2D eigenvalue weighted by molar-refractivity contribution is -0.122. The molecule has 1 aromatic rings. The van der Waals surface area contributed by atoms with Crippen LogP contribution in [0.5, 0.6) is 0 Å². The maximum absolute atomic E-state index is 12.0. The molecule has 0 saturated carbocycles. The summed E-state index contributed by atoms with van der Waals surface area (Å²) >= 11 is 11.3. The normalized spacial score (nSPS) is 17.2. The Morgan fingerprint density at radius 1 is 1.21 bits per heavy atom. The van der Waals surface area contributed by atoms with E-state index in [9.17, 15) is 9.59 Å². The number of amides is 3. The van der Waals surface area contributed by atoms with E-state index in [2.05, 4.69) is 5.32 Å². The molecule has 1 aliphatic rings. The summed E-state index contributed by atoms with van der Waals surface area (Å²) in [6.45, 7) is 0.326. The highest BCUT2D eigenvalue weighted by Gasteiger charge is 2.32. The van der Waals surface area contributed by atoms with Gasteiger partial charge in [-0.25, -0.2) is 4.79 Å². The Kier molecular flexibility index (Phi) is 4.45. The molecular formula is C13H12Cl2N2O2. The predicted octanol–water partition coefficient (Wildman–Crippen LogP) is 2.86. The molecule has 1 saturated heterocycles. The average Bonchev–Trinajstić information content (AvgIpc) is 2.65. The van der Waals surface area contributed by atoms with Crippen molar-refractivity contribution in [3.63, 3.8) is 0 Å². The molecule has 1 heterocycles. The monoisotopic (exact) mass is 298 g/mol. The molecule has 0 radical (unpaired) electrons. The van der Waals surface area contributed by atoms with Gasteiger partial charge in [0.25, 0.3) is 5.91 Å². The van der Waals surface area contributed by atoms with E-state index in [-0.39, 0.29) is 11.6 Å². The number of hydrogen-bond acceptors (Lipinski definition) is 2. The van der Waals surface area contributed by atoms with Crippen LogP contribution >= 0.6 is 23.2 Å². The Bertz CT molecular complexity index is 526. The second-order valence-electron chi connectivity index (χ2n) is 4.04. The number of alkyl halides is 1. The molecule has 0 bridgehead atoms. The van der Waals surface area contributed by atoms with Crippen molar-refractivity contribution in [1.82, 2.24) is 10.2 Å². The Balaban J connectivity index is 2.16. The zero-order chi connectivity index (χ0) is 13.8. The van der Waals surface area contributed by atoms with E-state index in [1.807, 2.05) is 0 Å². The van der Waals surface area contributed by atoms with Crippen molar-refractivity contribution in [2.75, 3.05) is 12.4 Å². The molecule has 3 amide bonds. The lowest BCUT2D eigenvalue weighted by Crippen LogP contribution is -2.31. The highest BCUT2D eigenvalue weighted by molar-refractivity contribution is 6.30. The van der Waals surface area contributed by atoms with Crippen LogP contribution in [-0.4, -0.2) is 29.3 Å². The molecule has 1 fully saturated rings. The summed E-state index contributed by atoms with van der Waals surface area (Å²) in [6, 6.07) is 6.59. The Morgan fingerprint density at radius 3 is 2.53 bits per heavy atom. The van der Waals surface area contributed by atoms with Gasteiger partial charge >= 0.3 is 6.03 Å². The van der Waals surface area contributed by atoms with E-state index in [1.165, 1.54) is 0 Å². The summed E-state index contributed by atoms with van der Waals surface area (Å²) in [4.78, 5) is 24.8. The van der Waals surface area contributed by atoms with E-state index in [4.69, 9.17) is 23.2 Å². The molecule has 0 aromatic heterocycles. The summed E-state index contributed by atoms with van der Waals surface area (Å²) in [6.07, 6.45) is 2.20. The fourth-order valence-electron chi connectivity index (χ4n) is 1.72. The number of hydrogen-bond donors (Lipinski definition) is 1. The highest BCUT2D eigenvalue weighted by atomic mass is 35.5. The maximum atomic E-state index is 12.0. The van der Waals surface area contributed by atoms with Gasteiger partial charge < -0.3 is 5.32 Å². The number of benzene rings is 1. The van der Waals surface area contributed by atoms with Crippen LogP contribution in [0.2, 0.25) is 5.02 Å². The largest absolute Gasteiger partial charge is 0.329 e. The Hall–Kier alpha value is -1.52. The van der Waals surface area contributed by atoms with Crippen LogP contribution < -0.4 is 5.32 Å². The van der Waals surface area contributed by atoms with E-state index < -0.39 is 6.03 Å². The van der Waals surface area contributed by atoms with Crippen molar-refractivity contribution >= 4 is 41.2 Å². The standard InChI is InChI=1S/C13H12Cl2N2O2/c14-6-1-7-17-12(18)11(16-13(17)19)8-9-2-4-10(15)5-3-9/h2-5,8H,1,6-7H2,(H,16,19)/b11-8-. The maximum Gasteiger partial charge on any atom is 0.329 e. The van der Waals surface area contributed by atoms with Crippen LogP contribution in [0.4, 0.5) is 4.79 Å². The highest BCUT2D eigenvalue weighted by Crippen LogP contribution is 2.16. The lowest BCUT2D eigenvalue weighted by Gasteiger charge is -2.09. The lowest BCUT2D eigenvalue weighted by atomic mass is 10.2. The number of halogens is 2. The molecular weight excluding hydrogens is 287 g/mol.